The zero-order valence-corrected chi connectivity index (χ0v) is 13.5. The first-order valence-corrected chi connectivity index (χ1v) is 7.91. The fourth-order valence-electron chi connectivity index (χ4n) is 2.87. The molecule has 1 aliphatic rings. The fourth-order valence-corrected chi connectivity index (χ4v) is 2.87. The van der Waals surface area contributed by atoms with E-state index in [1.54, 1.807) is 4.90 Å². The van der Waals surface area contributed by atoms with Gasteiger partial charge < -0.3 is 15.3 Å². The number of rotatable bonds is 8. The van der Waals surface area contributed by atoms with Crippen LogP contribution in [0.4, 0.5) is 4.79 Å². The average Bonchev–Trinajstić information content (AvgIpc) is 2.85. The van der Waals surface area contributed by atoms with Crippen LogP contribution in [0, 0.1) is 0 Å². The lowest BCUT2D eigenvalue weighted by molar-refractivity contribution is -0.137. The Labute approximate surface area is 127 Å². The number of hydrogen-bond acceptors (Lipinski definition) is 3. The van der Waals surface area contributed by atoms with Crippen molar-refractivity contribution in [2.24, 2.45) is 0 Å². The Kier molecular flexibility index (Phi) is 7.50. The van der Waals surface area contributed by atoms with E-state index in [2.05, 4.69) is 17.1 Å². The molecule has 0 bridgehead atoms. The summed E-state index contributed by atoms with van der Waals surface area (Å²) >= 11 is 0. The molecule has 1 rings (SSSR count). The normalized spacial score (nSPS) is 20.2. The van der Waals surface area contributed by atoms with E-state index in [-0.39, 0.29) is 18.5 Å². The van der Waals surface area contributed by atoms with E-state index in [9.17, 15) is 9.59 Å². The van der Waals surface area contributed by atoms with Gasteiger partial charge in [0.15, 0.2) is 0 Å². The van der Waals surface area contributed by atoms with Crippen LogP contribution in [0.15, 0.2) is 0 Å². The van der Waals surface area contributed by atoms with Crippen LogP contribution in [0.3, 0.4) is 0 Å². The summed E-state index contributed by atoms with van der Waals surface area (Å²) in [6.45, 7) is 6.99. The summed E-state index contributed by atoms with van der Waals surface area (Å²) in [5.41, 5.74) is 0. The van der Waals surface area contributed by atoms with E-state index in [1.165, 1.54) is 6.42 Å². The highest BCUT2D eigenvalue weighted by atomic mass is 16.4. The minimum Gasteiger partial charge on any atom is -0.481 e. The van der Waals surface area contributed by atoms with E-state index in [1.807, 2.05) is 14.0 Å². The van der Waals surface area contributed by atoms with Crippen molar-refractivity contribution in [2.45, 2.75) is 58.0 Å². The van der Waals surface area contributed by atoms with Gasteiger partial charge in [0.05, 0.1) is 0 Å². The number of hydrogen-bond donors (Lipinski definition) is 2. The number of amides is 2. The molecule has 1 aliphatic heterocycles. The molecule has 0 aliphatic carbocycles. The van der Waals surface area contributed by atoms with Crippen molar-refractivity contribution in [3.8, 4) is 0 Å². The Morgan fingerprint density at radius 3 is 2.81 bits per heavy atom. The smallest absolute Gasteiger partial charge is 0.317 e. The summed E-state index contributed by atoms with van der Waals surface area (Å²) in [7, 11) is 1.82. The van der Waals surface area contributed by atoms with Crippen LogP contribution >= 0.6 is 0 Å². The molecule has 0 aromatic carbocycles. The van der Waals surface area contributed by atoms with E-state index < -0.39 is 5.97 Å². The van der Waals surface area contributed by atoms with Crippen molar-refractivity contribution in [3.63, 3.8) is 0 Å². The highest BCUT2D eigenvalue weighted by Crippen LogP contribution is 2.17. The quantitative estimate of drug-likeness (QED) is 0.716. The lowest BCUT2D eigenvalue weighted by Crippen LogP contribution is -2.47. The van der Waals surface area contributed by atoms with Gasteiger partial charge in [0.1, 0.15) is 0 Å². The van der Waals surface area contributed by atoms with Gasteiger partial charge in [-0.15, -0.1) is 0 Å². The Morgan fingerprint density at radius 2 is 2.19 bits per heavy atom. The Morgan fingerprint density at radius 1 is 1.48 bits per heavy atom. The third-order valence-electron chi connectivity index (χ3n) is 4.13. The molecule has 6 nitrogen and oxygen atoms in total. The second kappa shape index (κ2) is 8.87. The highest BCUT2D eigenvalue weighted by Gasteiger charge is 2.25. The predicted octanol–water partition coefficient (Wildman–Crippen LogP) is 1.76. The summed E-state index contributed by atoms with van der Waals surface area (Å²) in [6, 6.07) is 0.402. The summed E-state index contributed by atoms with van der Waals surface area (Å²) in [4.78, 5) is 26.7. The van der Waals surface area contributed by atoms with Crippen molar-refractivity contribution in [2.75, 3.05) is 26.7 Å². The molecule has 0 radical (unpaired) electrons. The molecule has 1 saturated heterocycles. The van der Waals surface area contributed by atoms with Gasteiger partial charge in [-0.25, -0.2) is 4.79 Å². The third-order valence-corrected chi connectivity index (χ3v) is 4.13. The van der Waals surface area contributed by atoms with Crippen LogP contribution in [-0.4, -0.2) is 65.7 Å². The fraction of sp³-hybridized carbons (Fsp3) is 0.867. The van der Waals surface area contributed by atoms with Gasteiger partial charge in [-0.2, -0.15) is 0 Å². The Bertz CT molecular complexity index is 349. The van der Waals surface area contributed by atoms with E-state index in [4.69, 9.17) is 5.11 Å². The van der Waals surface area contributed by atoms with Crippen LogP contribution in [0.2, 0.25) is 0 Å². The molecule has 1 heterocycles. The van der Waals surface area contributed by atoms with Crippen LogP contribution in [-0.2, 0) is 4.79 Å². The largest absolute Gasteiger partial charge is 0.481 e. The number of urea groups is 1. The van der Waals surface area contributed by atoms with Crippen molar-refractivity contribution in [1.82, 2.24) is 15.1 Å². The van der Waals surface area contributed by atoms with Gasteiger partial charge in [-0.3, -0.25) is 9.69 Å². The number of carboxylic acids is 1. The second-order valence-corrected chi connectivity index (χ2v) is 5.94. The monoisotopic (exact) mass is 299 g/mol. The van der Waals surface area contributed by atoms with Crippen LogP contribution in [0.25, 0.3) is 0 Å². The van der Waals surface area contributed by atoms with Gasteiger partial charge in [-0.05, 0) is 45.7 Å². The van der Waals surface area contributed by atoms with Gasteiger partial charge >= 0.3 is 12.0 Å². The molecule has 2 amide bonds. The first kappa shape index (κ1) is 17.8. The number of nitrogens with zero attached hydrogens (tertiary/aromatic N) is 2. The first-order valence-electron chi connectivity index (χ1n) is 7.91. The second-order valence-electron chi connectivity index (χ2n) is 5.94. The van der Waals surface area contributed by atoms with Crippen molar-refractivity contribution >= 4 is 12.0 Å². The summed E-state index contributed by atoms with van der Waals surface area (Å²) < 4.78 is 0. The Hall–Kier alpha value is -1.30. The number of likely N-dealkylation sites (tertiary alicyclic amines) is 1. The lowest BCUT2D eigenvalue weighted by Gasteiger charge is -2.28. The maximum atomic E-state index is 12.1. The van der Waals surface area contributed by atoms with E-state index >= 15 is 0 Å². The molecule has 0 aromatic heterocycles. The molecule has 1 fully saturated rings. The van der Waals surface area contributed by atoms with Crippen LogP contribution in [0.1, 0.15) is 46.0 Å². The maximum absolute atomic E-state index is 12.1. The summed E-state index contributed by atoms with van der Waals surface area (Å²) in [6.07, 6.45) is 3.80. The molecule has 21 heavy (non-hydrogen) atoms. The molecule has 6 heteroatoms. The number of carbonyl (C=O) groups is 2. The molecular weight excluding hydrogens is 270 g/mol. The molecule has 122 valence electrons. The highest BCUT2D eigenvalue weighted by molar-refractivity contribution is 5.74. The number of aliphatic carboxylic acids is 1. The Balaban J connectivity index is 2.28. The average molecular weight is 299 g/mol. The molecule has 2 unspecified atom stereocenters. The van der Waals surface area contributed by atoms with Crippen molar-refractivity contribution in [3.05, 3.63) is 0 Å². The summed E-state index contributed by atoms with van der Waals surface area (Å²) in [5.74, 6) is -0.786. The van der Waals surface area contributed by atoms with Gasteiger partial charge in [0, 0.05) is 32.1 Å². The SMILES string of the molecule is CCN1CCCC1CN(C)C(=O)NC(C)CCCC(=O)O. The van der Waals surface area contributed by atoms with Crippen molar-refractivity contribution < 1.29 is 14.7 Å². The van der Waals surface area contributed by atoms with Crippen LogP contribution in [0.5, 0.6) is 0 Å². The zero-order chi connectivity index (χ0) is 15.8. The molecule has 2 atom stereocenters. The van der Waals surface area contributed by atoms with Crippen molar-refractivity contribution in [1.29, 1.82) is 0 Å². The van der Waals surface area contributed by atoms with Gasteiger partial charge in [0.2, 0.25) is 0 Å². The van der Waals surface area contributed by atoms with Gasteiger partial charge in [0.25, 0.3) is 0 Å². The van der Waals surface area contributed by atoms with E-state index in [0.717, 1.165) is 26.1 Å². The first-order chi connectivity index (χ1) is 9.93. The van der Waals surface area contributed by atoms with E-state index in [0.29, 0.717) is 18.9 Å². The molecule has 2 N–H and O–H groups in total. The molecule has 0 saturated carbocycles. The molecule has 0 spiro atoms. The minimum atomic E-state index is -0.786. The standard InChI is InChI=1S/C15H29N3O3/c1-4-18-10-6-8-13(18)11-17(3)15(21)16-12(2)7-5-9-14(19)20/h12-13H,4-11H2,1-3H3,(H,16,21)(H,19,20). The van der Waals surface area contributed by atoms with Gasteiger partial charge in [-0.1, -0.05) is 6.92 Å². The number of likely N-dealkylation sites (N-methyl/N-ethyl adjacent to an activating group) is 2. The predicted molar refractivity (Wildman–Crippen MR) is 82.4 cm³/mol. The topological polar surface area (TPSA) is 72.9 Å². The van der Waals surface area contributed by atoms with Crippen LogP contribution < -0.4 is 5.32 Å². The zero-order valence-electron chi connectivity index (χ0n) is 13.5. The molecule has 0 aromatic rings. The minimum absolute atomic E-state index is 0.00477. The summed E-state index contributed by atoms with van der Waals surface area (Å²) in [5, 5.41) is 11.5. The molecular formula is C15H29N3O3. The third kappa shape index (κ3) is 6.33. The number of carbonyl (C=O) groups excluding carboxylic acids is 1. The maximum Gasteiger partial charge on any atom is 0.317 e. The number of carboxylic acid groups (broad SMARTS) is 1. The lowest BCUT2D eigenvalue weighted by atomic mass is 10.1. The number of nitrogens with one attached hydrogen (secondary N) is 1.